The highest BCUT2D eigenvalue weighted by molar-refractivity contribution is 7.89. The molecule has 0 amide bonds. The zero-order valence-corrected chi connectivity index (χ0v) is 15.0. The highest BCUT2D eigenvalue weighted by Crippen LogP contribution is 2.32. The van der Waals surface area contributed by atoms with E-state index in [1.165, 1.54) is 22.5 Å². The van der Waals surface area contributed by atoms with Gasteiger partial charge in [-0.1, -0.05) is 0 Å². The molecule has 0 aliphatic carbocycles. The van der Waals surface area contributed by atoms with Crippen molar-refractivity contribution in [2.75, 3.05) is 39.3 Å². The van der Waals surface area contributed by atoms with Gasteiger partial charge in [0.05, 0.1) is 0 Å². The van der Waals surface area contributed by atoms with Crippen LogP contribution in [0.15, 0.2) is 27.7 Å². The van der Waals surface area contributed by atoms with Crippen molar-refractivity contribution in [3.05, 3.63) is 29.6 Å². The van der Waals surface area contributed by atoms with Crippen LogP contribution in [0.3, 0.4) is 0 Å². The molecule has 136 valence electrons. The maximum Gasteiger partial charge on any atom is 0.276 e. The van der Waals surface area contributed by atoms with Crippen LogP contribution in [-0.4, -0.2) is 62.9 Å². The summed E-state index contributed by atoms with van der Waals surface area (Å²) in [6.45, 7) is 6.41. The molecule has 8 heteroatoms. The molecule has 0 radical (unpaired) electrons. The van der Waals surface area contributed by atoms with Gasteiger partial charge >= 0.3 is 0 Å². The number of fused-ring (bicyclic) bond motifs is 1. The Morgan fingerprint density at radius 1 is 1.24 bits per heavy atom. The largest absolute Gasteiger partial charge is 0.443 e. The summed E-state index contributed by atoms with van der Waals surface area (Å²) in [5.41, 5.74) is 0.871. The molecule has 0 spiro atoms. The Kier molecular flexibility index (Phi) is 4.31. The minimum atomic E-state index is -3.71. The van der Waals surface area contributed by atoms with E-state index in [9.17, 15) is 12.8 Å². The second-order valence-corrected chi connectivity index (χ2v) is 8.58. The summed E-state index contributed by atoms with van der Waals surface area (Å²) < 4.78 is 46.7. The Bertz CT molecular complexity index is 890. The van der Waals surface area contributed by atoms with Gasteiger partial charge in [-0.2, -0.15) is 4.31 Å². The van der Waals surface area contributed by atoms with E-state index in [0.29, 0.717) is 29.6 Å². The first kappa shape index (κ1) is 17.0. The molecule has 2 saturated heterocycles. The second kappa shape index (κ2) is 6.35. The van der Waals surface area contributed by atoms with Crippen LogP contribution in [0.5, 0.6) is 0 Å². The lowest BCUT2D eigenvalue weighted by atomic mass is 10.2. The van der Waals surface area contributed by atoms with E-state index in [-0.39, 0.29) is 11.1 Å². The number of hydrogen-bond donors (Lipinski definition) is 1. The van der Waals surface area contributed by atoms with Crippen LogP contribution < -0.4 is 5.32 Å². The SMILES string of the molecule is Cc1c(S(=O)(=O)N2CCC(N3CCNCC3)C2)oc2ccc(F)cc12. The minimum absolute atomic E-state index is 0.0611. The minimum Gasteiger partial charge on any atom is -0.443 e. The van der Waals surface area contributed by atoms with Crippen molar-refractivity contribution in [3.8, 4) is 0 Å². The van der Waals surface area contributed by atoms with E-state index in [4.69, 9.17) is 4.42 Å². The van der Waals surface area contributed by atoms with Crippen molar-refractivity contribution in [3.63, 3.8) is 0 Å². The smallest absolute Gasteiger partial charge is 0.276 e. The Hall–Kier alpha value is -1.48. The lowest BCUT2D eigenvalue weighted by molar-refractivity contribution is 0.179. The lowest BCUT2D eigenvalue weighted by Crippen LogP contribution is -2.49. The predicted molar refractivity (Wildman–Crippen MR) is 92.5 cm³/mol. The van der Waals surface area contributed by atoms with Gasteiger partial charge in [-0.05, 0) is 31.5 Å². The third kappa shape index (κ3) is 2.97. The highest BCUT2D eigenvalue weighted by atomic mass is 32.2. The van der Waals surface area contributed by atoms with Crippen LogP contribution in [0.2, 0.25) is 0 Å². The summed E-state index contributed by atoms with van der Waals surface area (Å²) in [6.07, 6.45) is 0.827. The maximum absolute atomic E-state index is 13.5. The number of halogens is 1. The van der Waals surface area contributed by atoms with Crippen LogP contribution >= 0.6 is 0 Å². The van der Waals surface area contributed by atoms with Gasteiger partial charge in [0.25, 0.3) is 10.0 Å². The number of hydrogen-bond acceptors (Lipinski definition) is 5. The number of piperazine rings is 1. The summed E-state index contributed by atoms with van der Waals surface area (Å²) in [5, 5.41) is 3.76. The van der Waals surface area contributed by atoms with Crippen molar-refractivity contribution in [2.45, 2.75) is 24.5 Å². The highest BCUT2D eigenvalue weighted by Gasteiger charge is 2.38. The van der Waals surface area contributed by atoms with Crippen molar-refractivity contribution in [1.82, 2.24) is 14.5 Å². The molecule has 2 aromatic rings. The zero-order valence-electron chi connectivity index (χ0n) is 14.2. The maximum atomic E-state index is 13.5. The lowest BCUT2D eigenvalue weighted by Gasteiger charge is -2.32. The monoisotopic (exact) mass is 367 g/mol. The van der Waals surface area contributed by atoms with Crippen LogP contribution in [0.25, 0.3) is 11.0 Å². The third-order valence-corrected chi connectivity index (χ3v) is 7.09. The quantitative estimate of drug-likeness (QED) is 0.892. The molecule has 2 aliphatic heterocycles. The Balaban J connectivity index is 1.61. The van der Waals surface area contributed by atoms with E-state index in [1.807, 2.05) is 0 Å². The first-order valence-corrected chi connectivity index (χ1v) is 10.0. The van der Waals surface area contributed by atoms with Crippen LogP contribution in [-0.2, 0) is 10.0 Å². The molecule has 2 aliphatic rings. The molecule has 4 rings (SSSR count). The molecule has 1 N–H and O–H groups in total. The summed E-state index contributed by atoms with van der Waals surface area (Å²) in [6, 6.07) is 4.32. The van der Waals surface area contributed by atoms with E-state index in [0.717, 1.165) is 32.6 Å². The first-order valence-electron chi connectivity index (χ1n) is 8.60. The Morgan fingerprint density at radius 2 is 2.00 bits per heavy atom. The second-order valence-electron chi connectivity index (χ2n) is 6.75. The van der Waals surface area contributed by atoms with E-state index < -0.39 is 15.8 Å². The molecule has 1 atom stereocenters. The Morgan fingerprint density at radius 3 is 2.76 bits per heavy atom. The zero-order chi connectivity index (χ0) is 17.6. The van der Waals surface area contributed by atoms with E-state index in [1.54, 1.807) is 6.92 Å². The summed E-state index contributed by atoms with van der Waals surface area (Å²) in [4.78, 5) is 2.35. The number of rotatable bonds is 3. The number of nitrogens with zero attached hydrogens (tertiary/aromatic N) is 2. The standard InChI is InChI=1S/C17H22FN3O3S/c1-12-15-10-13(18)2-3-16(15)24-17(12)25(22,23)21-7-4-14(11-21)20-8-5-19-6-9-20/h2-3,10,14,19H,4-9,11H2,1H3. The molecule has 1 aromatic heterocycles. The van der Waals surface area contributed by atoms with Crippen molar-refractivity contribution < 1.29 is 17.2 Å². The van der Waals surface area contributed by atoms with E-state index in [2.05, 4.69) is 10.2 Å². The van der Waals surface area contributed by atoms with Crippen LogP contribution in [0, 0.1) is 12.7 Å². The fourth-order valence-electron chi connectivity index (χ4n) is 3.81. The number of sulfonamides is 1. The van der Waals surface area contributed by atoms with Crippen molar-refractivity contribution >= 4 is 21.0 Å². The van der Waals surface area contributed by atoms with Gasteiger partial charge in [0.2, 0.25) is 5.09 Å². The van der Waals surface area contributed by atoms with Gasteiger partial charge in [-0.3, -0.25) is 4.90 Å². The fraction of sp³-hybridized carbons (Fsp3) is 0.529. The molecular formula is C17H22FN3O3S. The van der Waals surface area contributed by atoms with Gasteiger partial charge in [0, 0.05) is 56.3 Å². The first-order chi connectivity index (χ1) is 12.0. The topological polar surface area (TPSA) is 65.8 Å². The molecule has 0 bridgehead atoms. The van der Waals surface area contributed by atoms with E-state index >= 15 is 0 Å². The van der Waals surface area contributed by atoms with Gasteiger partial charge in [-0.15, -0.1) is 0 Å². The average molecular weight is 367 g/mol. The molecule has 1 unspecified atom stereocenters. The van der Waals surface area contributed by atoms with Gasteiger partial charge < -0.3 is 9.73 Å². The fourth-order valence-corrected chi connectivity index (χ4v) is 5.45. The van der Waals surface area contributed by atoms with Crippen LogP contribution in [0.4, 0.5) is 4.39 Å². The molecular weight excluding hydrogens is 345 g/mol. The van der Waals surface area contributed by atoms with Gasteiger partial charge in [-0.25, -0.2) is 12.8 Å². The number of furan rings is 1. The molecule has 3 heterocycles. The average Bonchev–Trinajstić information content (AvgIpc) is 3.22. The van der Waals surface area contributed by atoms with Crippen molar-refractivity contribution in [1.29, 1.82) is 0 Å². The number of benzene rings is 1. The third-order valence-electron chi connectivity index (χ3n) is 5.22. The van der Waals surface area contributed by atoms with Crippen molar-refractivity contribution in [2.24, 2.45) is 0 Å². The van der Waals surface area contributed by atoms with Gasteiger partial charge in [0.1, 0.15) is 11.4 Å². The number of nitrogens with one attached hydrogen (secondary N) is 1. The summed E-state index contributed by atoms with van der Waals surface area (Å²) in [7, 11) is -3.71. The normalized spacial score (nSPS) is 23.5. The predicted octanol–water partition coefficient (Wildman–Crippen LogP) is 1.55. The summed E-state index contributed by atoms with van der Waals surface area (Å²) in [5.74, 6) is -0.403. The Labute approximate surface area is 146 Å². The molecule has 6 nitrogen and oxygen atoms in total. The summed E-state index contributed by atoms with van der Waals surface area (Å²) >= 11 is 0. The van der Waals surface area contributed by atoms with Gasteiger partial charge in [0.15, 0.2) is 0 Å². The van der Waals surface area contributed by atoms with Crippen LogP contribution in [0.1, 0.15) is 12.0 Å². The molecule has 25 heavy (non-hydrogen) atoms. The molecule has 0 saturated carbocycles. The molecule has 2 fully saturated rings. The molecule has 1 aromatic carbocycles. The number of aryl methyl sites for hydroxylation is 1.